The number of amides is 3. The summed E-state index contributed by atoms with van der Waals surface area (Å²) in [6.45, 7) is 3.36. The van der Waals surface area contributed by atoms with E-state index in [0.717, 1.165) is 25.7 Å². The van der Waals surface area contributed by atoms with Gasteiger partial charge in [-0.05, 0) is 26.2 Å². The third-order valence-electron chi connectivity index (χ3n) is 3.03. The van der Waals surface area contributed by atoms with Crippen LogP contribution < -0.4 is 10.6 Å². The molecule has 0 radical (unpaired) electrons. The van der Waals surface area contributed by atoms with Crippen molar-refractivity contribution < 1.29 is 19.1 Å². The minimum Gasteiger partial charge on any atom is -0.455 e. The van der Waals surface area contributed by atoms with Crippen molar-refractivity contribution in [1.82, 2.24) is 10.6 Å². The van der Waals surface area contributed by atoms with Gasteiger partial charge in [0.05, 0.1) is 5.92 Å². The van der Waals surface area contributed by atoms with Crippen LogP contribution in [0.15, 0.2) is 0 Å². The summed E-state index contributed by atoms with van der Waals surface area (Å²) < 4.78 is 4.81. The molecule has 0 saturated heterocycles. The smallest absolute Gasteiger partial charge is 0.321 e. The molecule has 1 aliphatic rings. The van der Waals surface area contributed by atoms with Gasteiger partial charge < -0.3 is 10.1 Å². The molecule has 2 N–H and O–H groups in total. The molecule has 1 aliphatic carbocycles. The highest BCUT2D eigenvalue weighted by molar-refractivity contribution is 5.95. The Bertz CT molecular complexity index is 326. The largest absolute Gasteiger partial charge is 0.455 e. The number of hydrogen-bond donors (Lipinski definition) is 2. The number of carbonyl (C=O) groups is 3. The van der Waals surface area contributed by atoms with Crippen molar-refractivity contribution >= 4 is 17.9 Å². The van der Waals surface area contributed by atoms with Crippen LogP contribution in [0.2, 0.25) is 0 Å². The number of hydrogen-bond acceptors (Lipinski definition) is 4. The van der Waals surface area contributed by atoms with E-state index in [-0.39, 0.29) is 17.9 Å². The van der Waals surface area contributed by atoms with Gasteiger partial charge in [0.2, 0.25) is 0 Å². The lowest BCUT2D eigenvalue weighted by Crippen LogP contribution is -2.44. The standard InChI is InChI=1S/C12H20N2O4/c1-3-8(2)13-12(17)14-10(15)7-18-11(16)9-5-4-6-9/h8-9H,3-7H2,1-2H3,(H2,13,14,15,17)/t8-/m1/s1. The Morgan fingerprint density at radius 1 is 1.33 bits per heavy atom. The second kappa shape index (κ2) is 6.98. The summed E-state index contributed by atoms with van der Waals surface area (Å²) in [5, 5.41) is 4.69. The molecule has 1 atom stereocenters. The van der Waals surface area contributed by atoms with Gasteiger partial charge in [-0.3, -0.25) is 14.9 Å². The van der Waals surface area contributed by atoms with Gasteiger partial charge in [0.25, 0.3) is 5.91 Å². The molecule has 0 heterocycles. The fraction of sp³-hybridized carbons (Fsp3) is 0.750. The Morgan fingerprint density at radius 2 is 2.00 bits per heavy atom. The van der Waals surface area contributed by atoms with Crippen LogP contribution in [-0.2, 0) is 14.3 Å². The van der Waals surface area contributed by atoms with Gasteiger partial charge in [0, 0.05) is 6.04 Å². The number of esters is 1. The summed E-state index contributed by atoms with van der Waals surface area (Å²) >= 11 is 0. The number of ether oxygens (including phenoxy) is 1. The van der Waals surface area contributed by atoms with Crippen LogP contribution in [0.5, 0.6) is 0 Å². The molecular formula is C12H20N2O4. The summed E-state index contributed by atoms with van der Waals surface area (Å²) in [4.78, 5) is 33.9. The van der Waals surface area contributed by atoms with Crippen molar-refractivity contribution in [2.24, 2.45) is 5.92 Å². The van der Waals surface area contributed by atoms with Crippen molar-refractivity contribution in [3.05, 3.63) is 0 Å². The Morgan fingerprint density at radius 3 is 2.50 bits per heavy atom. The normalized spacial score (nSPS) is 16.3. The van der Waals surface area contributed by atoms with E-state index in [4.69, 9.17) is 4.74 Å². The lowest BCUT2D eigenvalue weighted by molar-refractivity contribution is -0.154. The van der Waals surface area contributed by atoms with Crippen LogP contribution in [0.3, 0.4) is 0 Å². The van der Waals surface area contributed by atoms with E-state index in [1.54, 1.807) is 0 Å². The van der Waals surface area contributed by atoms with Crippen molar-refractivity contribution in [3.8, 4) is 0 Å². The Balaban J connectivity index is 2.16. The van der Waals surface area contributed by atoms with Gasteiger partial charge in [0.15, 0.2) is 6.61 Å². The zero-order chi connectivity index (χ0) is 13.5. The molecule has 0 aliphatic heterocycles. The van der Waals surface area contributed by atoms with Gasteiger partial charge in [-0.1, -0.05) is 13.3 Å². The molecule has 6 heteroatoms. The average molecular weight is 256 g/mol. The predicted octanol–water partition coefficient (Wildman–Crippen LogP) is 0.954. The SMILES string of the molecule is CC[C@@H](C)NC(=O)NC(=O)COC(=O)C1CCC1. The molecule has 0 aromatic heterocycles. The van der Waals surface area contributed by atoms with Gasteiger partial charge in [-0.25, -0.2) is 4.79 Å². The van der Waals surface area contributed by atoms with Crippen LogP contribution in [-0.4, -0.2) is 30.6 Å². The highest BCUT2D eigenvalue weighted by Crippen LogP contribution is 2.27. The number of carbonyl (C=O) groups excluding carboxylic acids is 3. The van der Waals surface area contributed by atoms with E-state index in [0.29, 0.717) is 0 Å². The maximum Gasteiger partial charge on any atom is 0.321 e. The molecule has 0 bridgehead atoms. The maximum absolute atomic E-state index is 11.3. The van der Waals surface area contributed by atoms with Crippen molar-refractivity contribution in [2.75, 3.05) is 6.61 Å². The number of rotatable bonds is 5. The third-order valence-corrected chi connectivity index (χ3v) is 3.03. The molecule has 18 heavy (non-hydrogen) atoms. The highest BCUT2D eigenvalue weighted by atomic mass is 16.5. The number of urea groups is 1. The lowest BCUT2D eigenvalue weighted by Gasteiger charge is -2.22. The van der Waals surface area contributed by atoms with E-state index < -0.39 is 18.5 Å². The fourth-order valence-electron chi connectivity index (χ4n) is 1.42. The van der Waals surface area contributed by atoms with E-state index >= 15 is 0 Å². The third kappa shape index (κ3) is 4.73. The van der Waals surface area contributed by atoms with Crippen molar-refractivity contribution in [2.45, 2.75) is 45.6 Å². The molecule has 1 fully saturated rings. The van der Waals surface area contributed by atoms with E-state index in [1.165, 1.54) is 0 Å². The van der Waals surface area contributed by atoms with Crippen LogP contribution in [0.25, 0.3) is 0 Å². The first kappa shape index (κ1) is 14.5. The van der Waals surface area contributed by atoms with Crippen LogP contribution >= 0.6 is 0 Å². The quantitative estimate of drug-likeness (QED) is 0.717. The van der Waals surface area contributed by atoms with Gasteiger partial charge in [-0.15, -0.1) is 0 Å². The second-order valence-corrected chi connectivity index (χ2v) is 4.57. The zero-order valence-corrected chi connectivity index (χ0v) is 10.8. The summed E-state index contributed by atoms with van der Waals surface area (Å²) in [6, 6.07) is -0.565. The molecule has 0 aromatic carbocycles. The molecule has 102 valence electrons. The van der Waals surface area contributed by atoms with Gasteiger partial charge >= 0.3 is 12.0 Å². The number of nitrogens with one attached hydrogen (secondary N) is 2. The van der Waals surface area contributed by atoms with Crippen LogP contribution in [0, 0.1) is 5.92 Å². The van der Waals surface area contributed by atoms with E-state index in [1.807, 2.05) is 13.8 Å². The van der Waals surface area contributed by atoms with Gasteiger partial charge in [0.1, 0.15) is 0 Å². The molecular weight excluding hydrogens is 236 g/mol. The molecule has 1 rings (SSSR count). The Kier molecular flexibility index (Phi) is 5.61. The molecule has 0 spiro atoms. The Labute approximate surface area is 106 Å². The maximum atomic E-state index is 11.3. The first-order chi connectivity index (χ1) is 8.52. The first-order valence-corrected chi connectivity index (χ1v) is 6.30. The predicted molar refractivity (Wildman–Crippen MR) is 64.7 cm³/mol. The molecule has 1 saturated carbocycles. The minimum atomic E-state index is -0.608. The number of imide groups is 1. The molecule has 0 aromatic rings. The minimum absolute atomic E-state index is 0.00433. The topological polar surface area (TPSA) is 84.5 Å². The molecule has 0 unspecified atom stereocenters. The lowest BCUT2D eigenvalue weighted by atomic mass is 9.86. The summed E-state index contributed by atoms with van der Waals surface area (Å²) in [6.07, 6.45) is 3.46. The average Bonchev–Trinajstić information content (AvgIpc) is 2.23. The van der Waals surface area contributed by atoms with Crippen LogP contribution in [0.4, 0.5) is 4.79 Å². The second-order valence-electron chi connectivity index (χ2n) is 4.57. The fourth-order valence-corrected chi connectivity index (χ4v) is 1.42. The van der Waals surface area contributed by atoms with Gasteiger partial charge in [-0.2, -0.15) is 0 Å². The summed E-state index contributed by atoms with van der Waals surface area (Å²) in [5.74, 6) is -1.02. The molecule has 3 amide bonds. The molecule has 6 nitrogen and oxygen atoms in total. The Hall–Kier alpha value is -1.59. The first-order valence-electron chi connectivity index (χ1n) is 6.30. The summed E-state index contributed by atoms with van der Waals surface area (Å²) in [5.41, 5.74) is 0. The summed E-state index contributed by atoms with van der Waals surface area (Å²) in [7, 11) is 0. The highest BCUT2D eigenvalue weighted by Gasteiger charge is 2.27. The van der Waals surface area contributed by atoms with Crippen molar-refractivity contribution in [1.29, 1.82) is 0 Å². The van der Waals surface area contributed by atoms with E-state index in [9.17, 15) is 14.4 Å². The van der Waals surface area contributed by atoms with Crippen molar-refractivity contribution in [3.63, 3.8) is 0 Å². The monoisotopic (exact) mass is 256 g/mol. The van der Waals surface area contributed by atoms with Crippen LogP contribution in [0.1, 0.15) is 39.5 Å². The zero-order valence-electron chi connectivity index (χ0n) is 10.8. The van der Waals surface area contributed by atoms with E-state index in [2.05, 4.69) is 10.6 Å².